The van der Waals surface area contributed by atoms with Gasteiger partial charge in [0.05, 0.1) is 18.5 Å². The molecule has 0 aliphatic carbocycles. The van der Waals surface area contributed by atoms with Crippen LogP contribution in [0.15, 0.2) is 54.9 Å². The lowest BCUT2D eigenvalue weighted by Crippen LogP contribution is -2.18. The number of hydrogen-bond donors (Lipinski definition) is 3. The number of likely N-dealkylation sites (tertiary alicyclic amines) is 1. The smallest absolute Gasteiger partial charge is 0.230 e. The van der Waals surface area contributed by atoms with Crippen molar-refractivity contribution in [3.05, 3.63) is 72.9 Å². The first-order chi connectivity index (χ1) is 17.6. The molecular formula is C26H27FN7O2. The molecule has 4 aromatic rings. The molecule has 5 rings (SSSR count). The number of hydrogen-bond acceptors (Lipinski definition) is 7. The van der Waals surface area contributed by atoms with Gasteiger partial charge in [-0.05, 0) is 56.1 Å². The van der Waals surface area contributed by atoms with E-state index in [-0.39, 0.29) is 12.3 Å². The average Bonchev–Trinajstić information content (AvgIpc) is 3.54. The van der Waals surface area contributed by atoms with E-state index in [9.17, 15) is 9.18 Å². The molecule has 1 amide bonds. The molecule has 3 heterocycles. The SMILES string of the molecule is O=C(Cc1cc(Nc2ncnc3cc(OCCCN4[CH]CCC4)ccc23)n[nH]1)Nc1cccc(F)c1. The lowest BCUT2D eigenvalue weighted by Gasteiger charge is -2.14. The van der Waals surface area contributed by atoms with Crippen LogP contribution in [0.5, 0.6) is 5.75 Å². The summed E-state index contributed by atoms with van der Waals surface area (Å²) in [6.45, 7) is 5.07. The number of halogens is 1. The molecule has 9 nitrogen and oxygen atoms in total. The Kier molecular flexibility index (Phi) is 7.32. The van der Waals surface area contributed by atoms with Crippen LogP contribution in [0.2, 0.25) is 0 Å². The number of amides is 1. The highest BCUT2D eigenvalue weighted by Crippen LogP contribution is 2.26. The molecule has 1 aliphatic rings. The topological polar surface area (TPSA) is 108 Å². The number of aromatic nitrogens is 4. The lowest BCUT2D eigenvalue weighted by molar-refractivity contribution is -0.115. The number of carbonyl (C=O) groups excluding carboxylic acids is 1. The maximum atomic E-state index is 13.3. The molecule has 0 spiro atoms. The van der Waals surface area contributed by atoms with Crippen LogP contribution in [0.4, 0.5) is 21.7 Å². The van der Waals surface area contributed by atoms with Gasteiger partial charge in [-0.25, -0.2) is 14.4 Å². The van der Waals surface area contributed by atoms with Gasteiger partial charge in [-0.3, -0.25) is 14.8 Å². The van der Waals surface area contributed by atoms with Crippen LogP contribution < -0.4 is 15.4 Å². The minimum atomic E-state index is -0.409. The van der Waals surface area contributed by atoms with E-state index >= 15 is 0 Å². The first-order valence-electron chi connectivity index (χ1n) is 11.9. The second-order valence-corrected chi connectivity index (χ2v) is 8.60. The van der Waals surface area contributed by atoms with Crippen LogP contribution in [0, 0.1) is 12.4 Å². The highest BCUT2D eigenvalue weighted by Gasteiger charge is 2.12. The molecule has 0 atom stereocenters. The van der Waals surface area contributed by atoms with Crippen molar-refractivity contribution >= 4 is 34.1 Å². The summed E-state index contributed by atoms with van der Waals surface area (Å²) in [4.78, 5) is 23.4. The summed E-state index contributed by atoms with van der Waals surface area (Å²) in [5.74, 6) is 1.19. The van der Waals surface area contributed by atoms with Crippen molar-refractivity contribution < 1.29 is 13.9 Å². The number of anilines is 3. The number of aromatic amines is 1. The van der Waals surface area contributed by atoms with Gasteiger partial charge < -0.3 is 15.4 Å². The van der Waals surface area contributed by atoms with E-state index in [2.05, 4.69) is 42.2 Å². The monoisotopic (exact) mass is 488 g/mol. The highest BCUT2D eigenvalue weighted by molar-refractivity contribution is 5.93. The molecule has 0 bridgehead atoms. The molecule has 2 aromatic heterocycles. The number of fused-ring (bicyclic) bond motifs is 1. The van der Waals surface area contributed by atoms with Crippen molar-refractivity contribution in [1.29, 1.82) is 0 Å². The molecule has 1 aliphatic heterocycles. The van der Waals surface area contributed by atoms with E-state index in [1.54, 1.807) is 18.2 Å². The molecule has 0 saturated carbocycles. The van der Waals surface area contributed by atoms with Crippen LogP contribution in [0.1, 0.15) is 25.0 Å². The van der Waals surface area contributed by atoms with E-state index in [4.69, 9.17) is 4.74 Å². The Morgan fingerprint density at radius 3 is 2.97 bits per heavy atom. The Bertz CT molecular complexity index is 1340. The van der Waals surface area contributed by atoms with Gasteiger partial charge in [0.1, 0.15) is 23.7 Å². The Hall–Kier alpha value is -4.05. The third-order valence-corrected chi connectivity index (χ3v) is 5.84. The van der Waals surface area contributed by atoms with Crippen molar-refractivity contribution in [2.75, 3.05) is 30.3 Å². The molecule has 1 saturated heterocycles. The fourth-order valence-electron chi connectivity index (χ4n) is 4.13. The largest absolute Gasteiger partial charge is 0.493 e. The first-order valence-corrected chi connectivity index (χ1v) is 11.9. The molecule has 185 valence electrons. The zero-order chi connectivity index (χ0) is 24.7. The van der Waals surface area contributed by atoms with Crippen LogP contribution in [-0.4, -0.2) is 50.7 Å². The molecule has 10 heteroatoms. The van der Waals surface area contributed by atoms with Crippen LogP contribution in [0.3, 0.4) is 0 Å². The van der Waals surface area contributed by atoms with Crippen LogP contribution >= 0.6 is 0 Å². The van der Waals surface area contributed by atoms with Gasteiger partial charge in [-0.1, -0.05) is 6.07 Å². The minimum absolute atomic E-state index is 0.0617. The summed E-state index contributed by atoms with van der Waals surface area (Å²) in [5.41, 5.74) is 1.76. The first kappa shape index (κ1) is 23.7. The van der Waals surface area contributed by atoms with Gasteiger partial charge >= 0.3 is 0 Å². The zero-order valence-electron chi connectivity index (χ0n) is 19.7. The fraction of sp³-hybridized carbons (Fsp3) is 0.269. The summed E-state index contributed by atoms with van der Waals surface area (Å²) >= 11 is 0. The number of carbonyl (C=O) groups is 1. The number of H-pyrrole nitrogens is 1. The van der Waals surface area contributed by atoms with E-state index in [0.29, 0.717) is 29.6 Å². The van der Waals surface area contributed by atoms with Gasteiger partial charge in [-0.2, -0.15) is 5.10 Å². The standard InChI is InChI=1S/C26H27FN7O2/c27-18-5-3-6-19(13-18)30-25(35)15-20-14-24(33-32-20)31-26-22-8-7-21(16-23(22)28-17-29-26)36-12-4-11-34-9-1-2-10-34/h3,5-9,13-14,16-17H,1-2,4,10-12,15H2,(H,30,35)(H2,28,29,31,32,33). The Morgan fingerprint density at radius 1 is 1.17 bits per heavy atom. The van der Waals surface area contributed by atoms with Crippen molar-refractivity contribution in [1.82, 2.24) is 25.1 Å². The minimum Gasteiger partial charge on any atom is -0.493 e. The van der Waals surface area contributed by atoms with Gasteiger partial charge in [0, 0.05) is 42.0 Å². The molecule has 1 radical (unpaired) electrons. The van der Waals surface area contributed by atoms with E-state index in [1.165, 1.54) is 31.3 Å². The zero-order valence-corrected chi connectivity index (χ0v) is 19.7. The third-order valence-electron chi connectivity index (χ3n) is 5.84. The predicted octanol–water partition coefficient (Wildman–Crippen LogP) is 4.44. The van der Waals surface area contributed by atoms with Crippen molar-refractivity contribution in [3.63, 3.8) is 0 Å². The van der Waals surface area contributed by atoms with Crippen molar-refractivity contribution in [3.8, 4) is 5.75 Å². The predicted molar refractivity (Wildman–Crippen MR) is 135 cm³/mol. The van der Waals surface area contributed by atoms with Gasteiger partial charge in [-0.15, -0.1) is 0 Å². The third kappa shape index (κ3) is 6.14. The van der Waals surface area contributed by atoms with Crippen molar-refractivity contribution in [2.45, 2.75) is 25.7 Å². The Balaban J connectivity index is 1.17. The normalized spacial score (nSPS) is 13.7. The van der Waals surface area contributed by atoms with E-state index in [0.717, 1.165) is 36.2 Å². The van der Waals surface area contributed by atoms with E-state index < -0.39 is 5.82 Å². The summed E-state index contributed by atoms with van der Waals surface area (Å²) in [6.07, 6.45) is 4.93. The molecular weight excluding hydrogens is 461 g/mol. The molecule has 36 heavy (non-hydrogen) atoms. The number of ether oxygens (including phenoxy) is 1. The number of rotatable bonds is 10. The van der Waals surface area contributed by atoms with Crippen LogP contribution in [0.25, 0.3) is 10.9 Å². The fourth-order valence-corrected chi connectivity index (χ4v) is 4.13. The summed E-state index contributed by atoms with van der Waals surface area (Å²) in [5, 5.41) is 13.7. The average molecular weight is 489 g/mol. The quantitative estimate of drug-likeness (QED) is 0.283. The Morgan fingerprint density at radius 2 is 2.11 bits per heavy atom. The van der Waals surface area contributed by atoms with Gasteiger partial charge in [0.15, 0.2) is 5.82 Å². The summed E-state index contributed by atoms with van der Waals surface area (Å²) in [6, 6.07) is 13.2. The van der Waals surface area contributed by atoms with Crippen molar-refractivity contribution in [2.24, 2.45) is 0 Å². The highest BCUT2D eigenvalue weighted by atomic mass is 19.1. The van der Waals surface area contributed by atoms with Crippen LogP contribution in [-0.2, 0) is 11.2 Å². The maximum Gasteiger partial charge on any atom is 0.230 e. The Labute approximate surface area is 208 Å². The second kappa shape index (κ2) is 11.1. The van der Waals surface area contributed by atoms with E-state index in [1.807, 2.05) is 18.2 Å². The second-order valence-electron chi connectivity index (χ2n) is 8.60. The number of nitrogens with zero attached hydrogens (tertiary/aromatic N) is 4. The number of nitrogens with one attached hydrogen (secondary N) is 3. The van der Waals surface area contributed by atoms with Gasteiger partial charge in [0.2, 0.25) is 5.91 Å². The molecule has 3 N–H and O–H groups in total. The maximum absolute atomic E-state index is 13.3. The summed E-state index contributed by atoms with van der Waals surface area (Å²) in [7, 11) is 0. The molecule has 2 aromatic carbocycles. The summed E-state index contributed by atoms with van der Waals surface area (Å²) < 4.78 is 19.2. The number of benzene rings is 2. The molecule has 0 unspecified atom stereocenters. The molecule has 1 fully saturated rings. The lowest BCUT2D eigenvalue weighted by atomic mass is 10.2. The van der Waals surface area contributed by atoms with Gasteiger partial charge in [0.25, 0.3) is 0 Å².